The fraction of sp³-hybridized carbons (Fsp3) is 0.647. The van der Waals surface area contributed by atoms with Crippen molar-refractivity contribution in [2.75, 3.05) is 32.7 Å². The predicted molar refractivity (Wildman–Crippen MR) is 108 cm³/mol. The number of aliphatic imine (C=N–C) groups is 1. The smallest absolute Gasteiger partial charge is 0.191 e. The number of nitrogens with one attached hydrogen (secondary N) is 2. The van der Waals surface area contributed by atoms with Gasteiger partial charge in [0, 0.05) is 37.4 Å². The monoisotopic (exact) mass is 431 g/mol. The Balaban J connectivity index is 0.00000264. The fourth-order valence-electron chi connectivity index (χ4n) is 2.91. The maximum Gasteiger partial charge on any atom is 0.191 e. The Morgan fingerprint density at radius 3 is 2.91 bits per heavy atom. The van der Waals surface area contributed by atoms with Gasteiger partial charge in [-0.05, 0) is 45.0 Å². The normalized spacial score (nSPS) is 18.5. The zero-order chi connectivity index (χ0) is 15.6. The minimum Gasteiger partial charge on any atom is -0.357 e. The Morgan fingerprint density at radius 1 is 1.35 bits per heavy atom. The summed E-state index contributed by atoms with van der Waals surface area (Å²) < 4.78 is 0. The molecule has 5 nitrogen and oxygen atoms in total. The standard InChI is InChI=1S/C17H29N5.HI/c1-3-18-17(20-12-10-15-8-5-6-11-19-15)21-14-16-9-7-13-22(16)4-2;/h5-6,8,11,16H,3-4,7,9-10,12-14H2,1-2H3,(H2,18,20,21);1H. The van der Waals surface area contributed by atoms with Crippen LogP contribution in [0.4, 0.5) is 0 Å². The van der Waals surface area contributed by atoms with Gasteiger partial charge in [-0.3, -0.25) is 14.9 Å². The van der Waals surface area contributed by atoms with Crippen LogP contribution in [0.2, 0.25) is 0 Å². The van der Waals surface area contributed by atoms with Gasteiger partial charge < -0.3 is 10.6 Å². The number of rotatable bonds is 7. The number of nitrogens with zero attached hydrogens (tertiary/aromatic N) is 3. The molecule has 1 atom stereocenters. The van der Waals surface area contributed by atoms with Gasteiger partial charge in [0.05, 0.1) is 6.54 Å². The molecule has 0 spiro atoms. The van der Waals surface area contributed by atoms with E-state index in [0.717, 1.165) is 44.3 Å². The van der Waals surface area contributed by atoms with E-state index in [2.05, 4.69) is 40.4 Å². The van der Waals surface area contributed by atoms with E-state index >= 15 is 0 Å². The highest BCUT2D eigenvalue weighted by molar-refractivity contribution is 14.0. The van der Waals surface area contributed by atoms with Gasteiger partial charge in [-0.2, -0.15) is 0 Å². The van der Waals surface area contributed by atoms with Crippen LogP contribution in [0.25, 0.3) is 0 Å². The molecular formula is C17H30IN5. The molecule has 23 heavy (non-hydrogen) atoms. The molecule has 1 aromatic rings. The molecule has 1 aromatic heterocycles. The summed E-state index contributed by atoms with van der Waals surface area (Å²) in [6.07, 6.45) is 5.33. The van der Waals surface area contributed by atoms with Crippen LogP contribution in [0, 0.1) is 0 Å². The van der Waals surface area contributed by atoms with Crippen LogP contribution in [0.3, 0.4) is 0 Å². The third-order valence-electron chi connectivity index (χ3n) is 4.11. The van der Waals surface area contributed by atoms with E-state index in [9.17, 15) is 0 Å². The zero-order valence-corrected chi connectivity index (χ0v) is 16.6. The van der Waals surface area contributed by atoms with Gasteiger partial charge in [0.1, 0.15) is 0 Å². The molecule has 0 aliphatic carbocycles. The second-order valence-electron chi connectivity index (χ2n) is 5.64. The maximum absolute atomic E-state index is 4.76. The molecule has 2 heterocycles. The molecule has 6 heteroatoms. The first kappa shape index (κ1) is 20.2. The lowest BCUT2D eigenvalue weighted by Crippen LogP contribution is -2.40. The number of aromatic nitrogens is 1. The number of pyridine rings is 1. The number of halogens is 1. The van der Waals surface area contributed by atoms with Crippen molar-refractivity contribution in [1.29, 1.82) is 0 Å². The minimum absolute atomic E-state index is 0. The summed E-state index contributed by atoms with van der Waals surface area (Å²) in [6, 6.07) is 6.64. The van der Waals surface area contributed by atoms with Crippen molar-refractivity contribution in [3.63, 3.8) is 0 Å². The molecule has 2 N–H and O–H groups in total. The third kappa shape index (κ3) is 7.03. The van der Waals surface area contributed by atoms with Gasteiger partial charge in [0.15, 0.2) is 5.96 Å². The predicted octanol–water partition coefficient (Wildman–Crippen LogP) is 2.28. The Labute approximate surface area is 157 Å². The summed E-state index contributed by atoms with van der Waals surface area (Å²) in [5, 5.41) is 6.73. The summed E-state index contributed by atoms with van der Waals surface area (Å²) in [4.78, 5) is 11.6. The van der Waals surface area contributed by atoms with Crippen molar-refractivity contribution in [2.45, 2.75) is 39.2 Å². The average Bonchev–Trinajstić information content (AvgIpc) is 3.01. The first-order valence-electron chi connectivity index (χ1n) is 8.49. The SMILES string of the molecule is CCNC(=NCC1CCCN1CC)NCCc1ccccn1.I. The van der Waals surface area contributed by atoms with Gasteiger partial charge in [-0.15, -0.1) is 24.0 Å². The van der Waals surface area contributed by atoms with Gasteiger partial charge in [-0.1, -0.05) is 13.0 Å². The van der Waals surface area contributed by atoms with Crippen molar-refractivity contribution in [2.24, 2.45) is 4.99 Å². The van der Waals surface area contributed by atoms with E-state index < -0.39 is 0 Å². The lowest BCUT2D eigenvalue weighted by molar-refractivity contribution is 0.273. The summed E-state index contributed by atoms with van der Waals surface area (Å²) >= 11 is 0. The lowest BCUT2D eigenvalue weighted by atomic mass is 10.2. The molecule has 0 saturated carbocycles. The van der Waals surface area contributed by atoms with Crippen LogP contribution < -0.4 is 10.6 Å². The highest BCUT2D eigenvalue weighted by Crippen LogP contribution is 2.16. The summed E-state index contributed by atoms with van der Waals surface area (Å²) in [7, 11) is 0. The molecular weight excluding hydrogens is 401 g/mol. The Hall–Kier alpha value is -0.890. The maximum atomic E-state index is 4.76. The molecule has 1 saturated heterocycles. The van der Waals surface area contributed by atoms with E-state index in [1.807, 2.05) is 18.3 Å². The van der Waals surface area contributed by atoms with Crippen molar-refractivity contribution in [3.8, 4) is 0 Å². The number of likely N-dealkylation sites (N-methyl/N-ethyl adjacent to an activating group) is 1. The second-order valence-corrected chi connectivity index (χ2v) is 5.64. The van der Waals surface area contributed by atoms with E-state index in [-0.39, 0.29) is 24.0 Å². The number of likely N-dealkylation sites (tertiary alicyclic amines) is 1. The van der Waals surface area contributed by atoms with Crippen molar-refractivity contribution in [1.82, 2.24) is 20.5 Å². The third-order valence-corrected chi connectivity index (χ3v) is 4.11. The second kappa shape index (κ2) is 11.6. The average molecular weight is 431 g/mol. The summed E-state index contributed by atoms with van der Waals surface area (Å²) in [5.74, 6) is 0.918. The molecule has 0 radical (unpaired) electrons. The molecule has 2 rings (SSSR count). The van der Waals surface area contributed by atoms with Crippen LogP contribution in [0.1, 0.15) is 32.4 Å². The number of guanidine groups is 1. The first-order chi connectivity index (χ1) is 10.8. The van der Waals surface area contributed by atoms with Crippen LogP contribution in [-0.4, -0.2) is 54.6 Å². The first-order valence-corrected chi connectivity index (χ1v) is 8.49. The largest absolute Gasteiger partial charge is 0.357 e. The Kier molecular flexibility index (Phi) is 10.2. The van der Waals surface area contributed by atoms with E-state index in [0.29, 0.717) is 6.04 Å². The van der Waals surface area contributed by atoms with E-state index in [1.165, 1.54) is 19.4 Å². The van der Waals surface area contributed by atoms with E-state index in [4.69, 9.17) is 4.99 Å². The summed E-state index contributed by atoms with van der Waals surface area (Å²) in [6.45, 7) is 9.31. The van der Waals surface area contributed by atoms with Gasteiger partial charge in [0.25, 0.3) is 0 Å². The molecule has 1 fully saturated rings. The van der Waals surface area contributed by atoms with Crippen LogP contribution in [-0.2, 0) is 6.42 Å². The number of hydrogen-bond acceptors (Lipinski definition) is 3. The molecule has 1 aliphatic rings. The van der Waals surface area contributed by atoms with Crippen molar-refractivity contribution < 1.29 is 0 Å². The minimum atomic E-state index is 0. The quantitative estimate of drug-likeness (QED) is 0.395. The number of hydrogen-bond donors (Lipinski definition) is 2. The van der Waals surface area contributed by atoms with Gasteiger partial charge in [-0.25, -0.2) is 0 Å². The highest BCUT2D eigenvalue weighted by atomic mass is 127. The highest BCUT2D eigenvalue weighted by Gasteiger charge is 2.22. The van der Waals surface area contributed by atoms with Crippen molar-refractivity contribution >= 4 is 29.9 Å². The molecule has 130 valence electrons. The van der Waals surface area contributed by atoms with Crippen LogP contribution >= 0.6 is 24.0 Å². The van der Waals surface area contributed by atoms with Crippen molar-refractivity contribution in [3.05, 3.63) is 30.1 Å². The molecule has 1 aliphatic heterocycles. The molecule has 0 bridgehead atoms. The lowest BCUT2D eigenvalue weighted by Gasteiger charge is -2.21. The molecule has 1 unspecified atom stereocenters. The van der Waals surface area contributed by atoms with E-state index in [1.54, 1.807) is 0 Å². The molecule has 0 aromatic carbocycles. The van der Waals surface area contributed by atoms with Crippen LogP contribution in [0.15, 0.2) is 29.4 Å². The summed E-state index contributed by atoms with van der Waals surface area (Å²) in [5.41, 5.74) is 1.11. The van der Waals surface area contributed by atoms with Crippen LogP contribution in [0.5, 0.6) is 0 Å². The zero-order valence-electron chi connectivity index (χ0n) is 14.3. The Bertz CT molecular complexity index is 452. The molecule has 0 amide bonds. The fourth-order valence-corrected chi connectivity index (χ4v) is 2.91. The van der Waals surface area contributed by atoms with Gasteiger partial charge in [0.2, 0.25) is 0 Å². The Morgan fingerprint density at radius 2 is 2.22 bits per heavy atom. The van der Waals surface area contributed by atoms with Gasteiger partial charge >= 0.3 is 0 Å². The topological polar surface area (TPSA) is 52.6 Å².